The summed E-state index contributed by atoms with van der Waals surface area (Å²) in [6.07, 6.45) is 4.48. The number of ketones is 3. The Labute approximate surface area is 421 Å². The van der Waals surface area contributed by atoms with Gasteiger partial charge < -0.3 is 48.6 Å². The Bertz CT molecular complexity index is 2150. The molecule has 3 N–H and O–H groups in total. The van der Waals surface area contributed by atoms with Gasteiger partial charge in [-0.15, -0.1) is 0 Å². The average Bonchev–Trinajstić information content (AvgIpc) is 3.35. The fraction of sp³-hybridized carbons (Fsp3) is 0.759. The third kappa shape index (κ3) is 15.3. The van der Waals surface area contributed by atoms with E-state index in [4.69, 9.17) is 35.3 Å². The zero-order valence-corrected chi connectivity index (χ0v) is 42.4. The summed E-state index contributed by atoms with van der Waals surface area (Å²) in [5.41, 5.74) is 0.628. The van der Waals surface area contributed by atoms with E-state index in [0.717, 1.165) is 4.90 Å². The molecule has 0 aromatic rings. The number of piperidine rings is 1. The lowest BCUT2D eigenvalue weighted by atomic mass is 9.78. The van der Waals surface area contributed by atoms with Gasteiger partial charge in [-0.25, -0.2) is 4.79 Å². The Morgan fingerprint density at radius 1 is 0.928 bits per heavy atom. The van der Waals surface area contributed by atoms with E-state index >= 15 is 0 Å². The molecular weight excluding hydrogens is 887 g/mol. The fourth-order valence-electron chi connectivity index (χ4n) is 10.1. The van der Waals surface area contributed by atoms with E-state index in [1.165, 1.54) is 60.1 Å². The molecule has 390 valence electrons. The summed E-state index contributed by atoms with van der Waals surface area (Å²) in [5.74, 6) is -14.1. The Morgan fingerprint density at radius 2 is 1.67 bits per heavy atom. The zero-order chi connectivity index (χ0) is 57.3. The minimum Gasteiger partial charge on any atom is -0.460 e. The average molecular weight is 979 g/mol. The normalized spacial score (nSPS) is 43.9. The van der Waals surface area contributed by atoms with Crippen LogP contribution in [-0.4, -0.2) is 145 Å². The largest absolute Gasteiger partial charge is 0.460 e. The predicted molar refractivity (Wildman–Crippen MR) is 261 cm³/mol. The van der Waals surface area contributed by atoms with Crippen molar-refractivity contribution in [1.29, 1.82) is 0 Å². The number of carbonyl (C=O) groups excluding carboxylic acids is 5. The van der Waals surface area contributed by atoms with Gasteiger partial charge in [0, 0.05) is 61.1 Å². The maximum atomic E-state index is 14.6. The van der Waals surface area contributed by atoms with Gasteiger partial charge in [0.05, 0.1) is 44.4 Å². The standard InChI is InChI=1S/C54H85NO14/c1-32-17-13-12-14-18-33(2)45(64-9)30-41-22-20-37(6)54(63,69-41)51(60)52(61)55-24-16-15-19-42(55)53(62)68-46(35(4)28-40-21-23-44(67-26-25-56)47(29-40)65-10)31-43(57)34(3)27-36(5)48(58)50(66-11)49(59)39(8)38(32)7/h12-14,17-18,27,32,34-35,37-42,44-48,50,56,58,63H,15-16,19-26,28-31H2,1-11H3/b14-12+,17-13+,33-18+,36-27+/t32-,34-,35-,37-,38?,39-,40+,41+,42+,44-,45+,46+,47-,48-,50-,54-/m1/s1/i9D3,26D2,32D,38D. The van der Waals surface area contributed by atoms with E-state index in [9.17, 15) is 42.0 Å². The fourth-order valence-corrected chi connectivity index (χ4v) is 10.1. The van der Waals surface area contributed by atoms with Crippen molar-refractivity contribution >= 4 is 29.2 Å². The molecule has 15 heteroatoms. The number of hydrogen-bond donors (Lipinski definition) is 3. The third-order valence-electron chi connectivity index (χ3n) is 15.0. The van der Waals surface area contributed by atoms with Gasteiger partial charge in [-0.05, 0) is 106 Å². The smallest absolute Gasteiger partial charge is 0.329 e. The number of ether oxygens (including phenoxy) is 6. The molecule has 0 spiro atoms. The van der Waals surface area contributed by atoms with Crippen LogP contribution in [0.4, 0.5) is 0 Å². The molecule has 1 amide bonds. The summed E-state index contributed by atoms with van der Waals surface area (Å²) in [6, 6.07) is -1.29. The first-order chi connectivity index (χ1) is 35.2. The highest BCUT2D eigenvalue weighted by molar-refractivity contribution is 6.39. The van der Waals surface area contributed by atoms with Crippen LogP contribution in [0.3, 0.4) is 0 Å². The van der Waals surface area contributed by atoms with E-state index in [1.54, 1.807) is 39.0 Å². The van der Waals surface area contributed by atoms with Gasteiger partial charge in [0.25, 0.3) is 11.7 Å². The Balaban J connectivity index is 1.78. The molecule has 1 saturated carbocycles. The monoisotopic (exact) mass is 979 g/mol. The van der Waals surface area contributed by atoms with Crippen LogP contribution in [0.15, 0.2) is 47.6 Å². The molecule has 0 aromatic carbocycles. The molecular formula is C54H85NO14. The summed E-state index contributed by atoms with van der Waals surface area (Å²) >= 11 is 0. The molecule has 3 aliphatic heterocycles. The quantitative estimate of drug-likeness (QED) is 0.129. The number of esters is 1. The summed E-state index contributed by atoms with van der Waals surface area (Å²) in [6.45, 7) is 9.33. The number of amides is 1. The first kappa shape index (κ1) is 47.9. The molecule has 0 aromatic heterocycles. The van der Waals surface area contributed by atoms with Crippen LogP contribution in [0, 0.1) is 41.4 Å². The lowest BCUT2D eigenvalue weighted by Crippen LogP contribution is -2.61. The Hall–Kier alpha value is -3.41. The number of hydrogen-bond acceptors (Lipinski definition) is 14. The number of nitrogens with zero attached hydrogens (tertiary/aromatic N) is 1. The van der Waals surface area contributed by atoms with E-state index in [1.807, 2.05) is 6.92 Å². The van der Waals surface area contributed by atoms with Gasteiger partial charge in [0.2, 0.25) is 5.79 Å². The lowest BCUT2D eigenvalue weighted by molar-refractivity contribution is -0.265. The highest BCUT2D eigenvalue weighted by Crippen LogP contribution is 2.38. The first-order valence-electron chi connectivity index (χ1n) is 28.2. The number of fused-ring (bicyclic) bond motifs is 3. The number of carbonyl (C=O) groups is 5. The number of allylic oxidation sites excluding steroid dienone is 6. The van der Waals surface area contributed by atoms with Crippen molar-refractivity contribution in [2.75, 3.05) is 41.0 Å². The summed E-state index contributed by atoms with van der Waals surface area (Å²) in [5, 5.41) is 33.2. The molecule has 3 fully saturated rings. The van der Waals surface area contributed by atoms with Crippen molar-refractivity contribution in [1.82, 2.24) is 4.90 Å². The molecule has 4 rings (SSSR count). The van der Waals surface area contributed by atoms with Gasteiger partial charge in [-0.2, -0.15) is 0 Å². The van der Waals surface area contributed by atoms with E-state index in [-0.39, 0.29) is 50.1 Å². The zero-order valence-electron chi connectivity index (χ0n) is 49.4. The van der Waals surface area contributed by atoms with Crippen LogP contribution < -0.4 is 0 Å². The van der Waals surface area contributed by atoms with E-state index in [0.29, 0.717) is 44.1 Å². The van der Waals surface area contributed by atoms with Gasteiger partial charge in [-0.3, -0.25) is 19.2 Å². The van der Waals surface area contributed by atoms with E-state index in [2.05, 4.69) is 0 Å². The second-order valence-electron chi connectivity index (χ2n) is 19.8. The molecule has 2 bridgehead atoms. The molecule has 1 aliphatic carbocycles. The maximum Gasteiger partial charge on any atom is 0.329 e. The van der Waals surface area contributed by atoms with Crippen molar-refractivity contribution in [3.05, 3.63) is 47.6 Å². The van der Waals surface area contributed by atoms with Crippen LogP contribution in [0.5, 0.6) is 0 Å². The second-order valence-corrected chi connectivity index (χ2v) is 19.8. The van der Waals surface area contributed by atoms with E-state index < -0.39 is 139 Å². The molecule has 15 nitrogen and oxygen atoms in total. The topological polar surface area (TPSA) is 205 Å². The van der Waals surface area contributed by atoms with Crippen LogP contribution >= 0.6 is 0 Å². The lowest BCUT2D eigenvalue weighted by Gasteiger charge is -2.42. The van der Waals surface area contributed by atoms with Crippen molar-refractivity contribution in [3.63, 3.8) is 0 Å². The molecule has 1 unspecified atom stereocenters. The number of cyclic esters (lactones) is 1. The number of aliphatic hydroxyl groups is 3. The molecule has 2 saturated heterocycles. The molecule has 16 atom stereocenters. The van der Waals surface area contributed by atoms with Crippen LogP contribution in [-0.2, 0) is 52.4 Å². The highest BCUT2D eigenvalue weighted by Gasteiger charge is 2.53. The van der Waals surface area contributed by atoms with Crippen LogP contribution in [0.2, 0.25) is 0 Å². The van der Waals surface area contributed by atoms with Gasteiger partial charge in [-0.1, -0.05) is 78.0 Å². The van der Waals surface area contributed by atoms with Crippen LogP contribution in [0.1, 0.15) is 136 Å². The second kappa shape index (κ2) is 27.4. The number of rotatable bonds is 9. The first-order valence-corrected chi connectivity index (χ1v) is 24.7. The van der Waals surface area contributed by atoms with Gasteiger partial charge in [0.1, 0.15) is 30.1 Å². The van der Waals surface area contributed by atoms with Gasteiger partial charge >= 0.3 is 5.97 Å². The number of methoxy groups -OCH3 is 3. The molecule has 0 radical (unpaired) electrons. The molecule has 69 heavy (non-hydrogen) atoms. The minimum atomic E-state index is -2.87. The minimum absolute atomic E-state index is 0.0360. The van der Waals surface area contributed by atoms with Crippen molar-refractivity contribution in [3.8, 4) is 0 Å². The van der Waals surface area contributed by atoms with Crippen LogP contribution in [0.25, 0.3) is 0 Å². The summed E-state index contributed by atoms with van der Waals surface area (Å²) in [4.78, 5) is 72.9. The van der Waals surface area contributed by atoms with Crippen molar-refractivity contribution < 1.29 is 77.3 Å². The predicted octanol–water partition coefficient (Wildman–Crippen LogP) is 6.44. The van der Waals surface area contributed by atoms with Gasteiger partial charge in [0.15, 0.2) is 5.78 Å². The SMILES string of the molecule is [2H]C([2H])([2H])O[C@H]1C[C@@H]2CC[C@@H](C)[C@@](O)(O2)C(=O)C(=O)N2CCCC[C@H]2C(=O)O[C@H]([C@H](C)C[C@@H]2CC[C@@H](OC([2H])([2H])CO)[C@H](OC)C2)CC(=O)[C@H](C)/C=C(\C)[C@@H](O)[C@@H](OC)C(=O)[C@H](C)C([2H])(C)[C@]([2H])(C)/C=C/C=C/C=C/1C. The van der Waals surface area contributed by atoms with Crippen molar-refractivity contribution in [2.45, 2.75) is 181 Å². The summed E-state index contributed by atoms with van der Waals surface area (Å²) < 4.78 is 92.8. The highest BCUT2D eigenvalue weighted by atomic mass is 16.6. The third-order valence-corrected chi connectivity index (χ3v) is 15.0. The number of Topliss-reactive ketones (excluding diaryl/α,β-unsaturated/α-hetero) is 3. The Kier molecular flexibility index (Phi) is 19.0. The number of aliphatic hydroxyl groups excluding tert-OH is 2. The molecule has 4 aliphatic rings. The molecule has 3 heterocycles. The Morgan fingerprint density at radius 3 is 2.35 bits per heavy atom. The summed E-state index contributed by atoms with van der Waals surface area (Å²) in [7, 11) is -0.157. The van der Waals surface area contributed by atoms with Crippen molar-refractivity contribution in [2.24, 2.45) is 41.4 Å². The maximum absolute atomic E-state index is 14.6.